The highest BCUT2D eigenvalue weighted by molar-refractivity contribution is 9.10. The SMILES string of the molecule is NC(=O)CCNC(=O)c1cc(N)cc(Br)c1. The highest BCUT2D eigenvalue weighted by atomic mass is 79.9. The molecular formula is C10H12BrN3O2. The summed E-state index contributed by atoms with van der Waals surface area (Å²) in [5, 5.41) is 2.57. The third-order valence-electron chi connectivity index (χ3n) is 1.84. The molecule has 0 spiro atoms. The minimum Gasteiger partial charge on any atom is -0.399 e. The number of anilines is 1. The predicted octanol–water partition coefficient (Wildman–Crippen LogP) is 0.636. The van der Waals surface area contributed by atoms with E-state index in [9.17, 15) is 9.59 Å². The van der Waals surface area contributed by atoms with Crippen LogP contribution in [0.5, 0.6) is 0 Å². The van der Waals surface area contributed by atoms with Crippen molar-refractivity contribution < 1.29 is 9.59 Å². The van der Waals surface area contributed by atoms with Crippen LogP contribution < -0.4 is 16.8 Å². The zero-order valence-corrected chi connectivity index (χ0v) is 10.1. The fourth-order valence-corrected chi connectivity index (χ4v) is 1.66. The Morgan fingerprint density at radius 2 is 2.00 bits per heavy atom. The van der Waals surface area contributed by atoms with Gasteiger partial charge in [-0.1, -0.05) is 15.9 Å². The number of amides is 2. The van der Waals surface area contributed by atoms with E-state index in [1.165, 1.54) is 0 Å². The number of hydrogen-bond acceptors (Lipinski definition) is 3. The van der Waals surface area contributed by atoms with Gasteiger partial charge in [-0.3, -0.25) is 9.59 Å². The Balaban J connectivity index is 2.62. The molecule has 5 nitrogen and oxygen atoms in total. The summed E-state index contributed by atoms with van der Waals surface area (Å²) in [6.45, 7) is 0.223. The molecule has 0 aliphatic heterocycles. The van der Waals surface area contributed by atoms with Crippen LogP contribution in [0.2, 0.25) is 0 Å². The van der Waals surface area contributed by atoms with Crippen LogP contribution in [-0.4, -0.2) is 18.4 Å². The number of hydrogen-bond donors (Lipinski definition) is 3. The average molecular weight is 286 g/mol. The van der Waals surface area contributed by atoms with Crippen molar-refractivity contribution in [1.29, 1.82) is 0 Å². The van der Waals surface area contributed by atoms with Crippen LogP contribution >= 0.6 is 15.9 Å². The van der Waals surface area contributed by atoms with Gasteiger partial charge in [0.2, 0.25) is 5.91 Å². The van der Waals surface area contributed by atoms with E-state index in [2.05, 4.69) is 21.2 Å². The first-order chi connectivity index (χ1) is 7.49. The van der Waals surface area contributed by atoms with E-state index in [0.717, 1.165) is 4.47 Å². The van der Waals surface area contributed by atoms with E-state index >= 15 is 0 Å². The second-order valence-corrected chi connectivity index (χ2v) is 4.16. The summed E-state index contributed by atoms with van der Waals surface area (Å²) in [5.74, 6) is -0.733. The highest BCUT2D eigenvalue weighted by Gasteiger charge is 2.07. The standard InChI is InChI=1S/C10H12BrN3O2/c11-7-3-6(4-8(12)5-7)10(16)14-2-1-9(13)15/h3-5H,1-2,12H2,(H2,13,15)(H,14,16). The number of rotatable bonds is 4. The van der Waals surface area contributed by atoms with Crippen molar-refractivity contribution in [3.63, 3.8) is 0 Å². The Bertz CT molecular complexity index is 400. The van der Waals surface area contributed by atoms with Crippen LogP contribution in [0.3, 0.4) is 0 Å². The third-order valence-corrected chi connectivity index (χ3v) is 2.30. The molecule has 86 valence electrons. The lowest BCUT2D eigenvalue weighted by molar-refractivity contribution is -0.117. The lowest BCUT2D eigenvalue weighted by Crippen LogP contribution is -2.27. The molecule has 0 heterocycles. The number of carbonyl (C=O) groups excluding carboxylic acids is 2. The molecule has 0 aliphatic carbocycles. The van der Waals surface area contributed by atoms with Gasteiger partial charge in [-0.05, 0) is 18.2 Å². The second-order valence-electron chi connectivity index (χ2n) is 3.25. The van der Waals surface area contributed by atoms with Crippen molar-refractivity contribution in [1.82, 2.24) is 5.32 Å². The summed E-state index contributed by atoms with van der Waals surface area (Å²) in [6.07, 6.45) is 0.120. The van der Waals surface area contributed by atoms with Crippen molar-refractivity contribution >= 4 is 33.4 Å². The van der Waals surface area contributed by atoms with Gasteiger partial charge < -0.3 is 16.8 Å². The van der Waals surface area contributed by atoms with Gasteiger partial charge in [0.1, 0.15) is 0 Å². The Labute approximate surface area is 101 Å². The summed E-state index contributed by atoms with van der Waals surface area (Å²) >= 11 is 3.24. The number of nitrogens with two attached hydrogens (primary N) is 2. The lowest BCUT2D eigenvalue weighted by atomic mass is 10.2. The Morgan fingerprint density at radius 3 is 2.56 bits per heavy atom. The van der Waals surface area contributed by atoms with Crippen molar-refractivity contribution in [3.05, 3.63) is 28.2 Å². The minimum atomic E-state index is -0.450. The molecule has 0 radical (unpaired) electrons. The normalized spacial score (nSPS) is 9.81. The monoisotopic (exact) mass is 285 g/mol. The largest absolute Gasteiger partial charge is 0.399 e. The summed E-state index contributed by atoms with van der Waals surface area (Å²) in [5.41, 5.74) is 11.5. The maximum absolute atomic E-state index is 11.6. The Morgan fingerprint density at radius 1 is 1.31 bits per heavy atom. The van der Waals surface area contributed by atoms with Gasteiger partial charge in [-0.2, -0.15) is 0 Å². The third kappa shape index (κ3) is 3.90. The summed E-state index contributed by atoms with van der Waals surface area (Å²) in [4.78, 5) is 22.1. The molecule has 1 aromatic rings. The van der Waals surface area contributed by atoms with Crippen LogP contribution in [0, 0.1) is 0 Å². The molecule has 2 amide bonds. The molecule has 0 atom stereocenters. The van der Waals surface area contributed by atoms with E-state index in [4.69, 9.17) is 11.5 Å². The molecule has 0 aromatic heterocycles. The summed E-state index contributed by atoms with van der Waals surface area (Å²) in [6, 6.07) is 4.90. The minimum absolute atomic E-state index is 0.120. The maximum atomic E-state index is 11.6. The lowest BCUT2D eigenvalue weighted by Gasteiger charge is -2.05. The summed E-state index contributed by atoms with van der Waals surface area (Å²) < 4.78 is 0.729. The molecule has 5 N–H and O–H groups in total. The van der Waals surface area contributed by atoms with Crippen molar-refractivity contribution in [2.75, 3.05) is 12.3 Å². The number of nitrogen functional groups attached to an aromatic ring is 1. The quantitative estimate of drug-likeness (QED) is 0.708. The zero-order valence-electron chi connectivity index (χ0n) is 8.50. The van der Waals surface area contributed by atoms with Crippen LogP contribution in [0.15, 0.2) is 22.7 Å². The number of nitrogens with one attached hydrogen (secondary N) is 1. The molecule has 1 aromatic carbocycles. The number of primary amides is 1. The first-order valence-electron chi connectivity index (χ1n) is 4.61. The van der Waals surface area contributed by atoms with Gasteiger partial charge in [0.05, 0.1) is 0 Å². The van der Waals surface area contributed by atoms with Gasteiger partial charge in [0, 0.05) is 28.7 Å². The Kier molecular flexibility index (Phi) is 4.30. The molecule has 6 heteroatoms. The van der Waals surface area contributed by atoms with E-state index in [0.29, 0.717) is 11.3 Å². The maximum Gasteiger partial charge on any atom is 0.251 e. The first kappa shape index (κ1) is 12.5. The molecule has 0 saturated carbocycles. The van der Waals surface area contributed by atoms with Gasteiger partial charge in [-0.25, -0.2) is 0 Å². The topological polar surface area (TPSA) is 98.2 Å². The van der Waals surface area contributed by atoms with Crippen molar-refractivity contribution in [2.24, 2.45) is 5.73 Å². The number of benzene rings is 1. The first-order valence-corrected chi connectivity index (χ1v) is 5.41. The van der Waals surface area contributed by atoms with E-state index < -0.39 is 5.91 Å². The van der Waals surface area contributed by atoms with Gasteiger partial charge in [0.15, 0.2) is 0 Å². The van der Waals surface area contributed by atoms with Crippen LogP contribution in [0.1, 0.15) is 16.8 Å². The molecule has 0 aliphatic rings. The second kappa shape index (κ2) is 5.50. The molecule has 1 rings (SSSR count). The molecule has 0 fully saturated rings. The zero-order chi connectivity index (χ0) is 12.1. The molecule has 0 unspecified atom stereocenters. The van der Waals surface area contributed by atoms with E-state index in [1.807, 2.05) is 0 Å². The number of carbonyl (C=O) groups is 2. The molecule has 0 bridgehead atoms. The average Bonchev–Trinajstić information content (AvgIpc) is 2.15. The van der Waals surface area contributed by atoms with Gasteiger partial charge >= 0.3 is 0 Å². The van der Waals surface area contributed by atoms with Crippen molar-refractivity contribution in [3.8, 4) is 0 Å². The van der Waals surface area contributed by atoms with Gasteiger partial charge in [0.25, 0.3) is 5.91 Å². The molecule has 0 saturated heterocycles. The Hall–Kier alpha value is -1.56. The summed E-state index contributed by atoms with van der Waals surface area (Å²) in [7, 11) is 0. The fourth-order valence-electron chi connectivity index (χ4n) is 1.14. The van der Waals surface area contributed by atoms with Crippen LogP contribution in [0.25, 0.3) is 0 Å². The molecule has 16 heavy (non-hydrogen) atoms. The fraction of sp³-hybridized carbons (Fsp3) is 0.200. The van der Waals surface area contributed by atoms with Gasteiger partial charge in [-0.15, -0.1) is 0 Å². The van der Waals surface area contributed by atoms with Crippen LogP contribution in [-0.2, 0) is 4.79 Å². The molecular weight excluding hydrogens is 274 g/mol. The highest BCUT2D eigenvalue weighted by Crippen LogP contribution is 2.17. The van der Waals surface area contributed by atoms with Crippen molar-refractivity contribution in [2.45, 2.75) is 6.42 Å². The smallest absolute Gasteiger partial charge is 0.251 e. The van der Waals surface area contributed by atoms with E-state index in [1.54, 1.807) is 18.2 Å². The van der Waals surface area contributed by atoms with Crippen LogP contribution in [0.4, 0.5) is 5.69 Å². The predicted molar refractivity (Wildman–Crippen MR) is 64.7 cm³/mol. The van der Waals surface area contributed by atoms with E-state index in [-0.39, 0.29) is 18.9 Å². The number of halogens is 1.